The quantitative estimate of drug-likeness (QED) is 0.373. The second kappa shape index (κ2) is 3.71. The maximum Gasteiger partial charge on any atom is 0.219 e. The number of azide groups is 2. The average Bonchev–Trinajstić information content (AvgIpc) is 2.06. The minimum Gasteiger partial charge on any atom is -0.215 e. The molecule has 12 heavy (non-hydrogen) atoms. The molecule has 0 atom stereocenters. The van der Waals surface area contributed by atoms with E-state index in [1.54, 1.807) is 0 Å². The van der Waals surface area contributed by atoms with Crippen LogP contribution in [-0.2, 0) is 0 Å². The summed E-state index contributed by atoms with van der Waals surface area (Å²) in [6, 6.07) is 0. The van der Waals surface area contributed by atoms with E-state index in [1.165, 1.54) is 0 Å². The van der Waals surface area contributed by atoms with E-state index in [1.807, 2.05) is 0 Å². The van der Waals surface area contributed by atoms with Crippen molar-refractivity contribution in [2.75, 3.05) is 0 Å². The summed E-state index contributed by atoms with van der Waals surface area (Å²) in [5, 5.41) is 6.17. The molecular weight excluding hydrogens is 162 g/mol. The second-order valence-electron chi connectivity index (χ2n) is 1.46. The summed E-state index contributed by atoms with van der Waals surface area (Å²) in [5.41, 5.74) is 16.0. The molecule has 1 aromatic heterocycles. The summed E-state index contributed by atoms with van der Waals surface area (Å²) in [6.45, 7) is 0. The van der Waals surface area contributed by atoms with Gasteiger partial charge < -0.3 is 0 Å². The van der Waals surface area contributed by atoms with Gasteiger partial charge in [-0.15, -0.1) is 0 Å². The summed E-state index contributed by atoms with van der Waals surface area (Å²) >= 11 is 0. The monoisotopic (exact) mass is 163 g/mol. The third kappa shape index (κ3) is 1.81. The van der Waals surface area contributed by atoms with Crippen LogP contribution in [0.2, 0.25) is 0 Å². The summed E-state index contributed by atoms with van der Waals surface area (Å²) in [4.78, 5) is 15.3. The third-order valence-electron chi connectivity index (χ3n) is 0.815. The Kier molecular flexibility index (Phi) is 2.39. The highest BCUT2D eigenvalue weighted by Crippen LogP contribution is 2.07. The van der Waals surface area contributed by atoms with Crippen molar-refractivity contribution in [3.63, 3.8) is 0 Å². The first-order chi connectivity index (χ1) is 5.86. The molecule has 9 heteroatoms. The first kappa shape index (κ1) is 7.73. The highest BCUT2D eigenvalue weighted by Gasteiger charge is 1.93. The molecule has 0 aliphatic heterocycles. The minimum absolute atomic E-state index is 0.130. The van der Waals surface area contributed by atoms with Gasteiger partial charge in [0, 0.05) is 9.82 Å². The molecule has 0 fully saturated rings. The third-order valence-corrected chi connectivity index (χ3v) is 0.815. The van der Waals surface area contributed by atoms with Crippen LogP contribution in [0.5, 0.6) is 0 Å². The van der Waals surface area contributed by atoms with Crippen molar-refractivity contribution in [1.29, 1.82) is 0 Å². The molecule has 58 valence electrons. The molecule has 0 saturated carbocycles. The van der Waals surface area contributed by atoms with Crippen LogP contribution in [0.4, 0.5) is 11.9 Å². The van der Waals surface area contributed by atoms with Gasteiger partial charge in [0.25, 0.3) is 0 Å². The van der Waals surface area contributed by atoms with E-state index in [2.05, 4.69) is 35.0 Å². The van der Waals surface area contributed by atoms with Crippen molar-refractivity contribution in [2.24, 2.45) is 10.2 Å². The predicted molar refractivity (Wildman–Crippen MR) is 37.4 cm³/mol. The lowest BCUT2D eigenvalue weighted by molar-refractivity contribution is 1.02. The Morgan fingerprint density at radius 3 is 2.00 bits per heavy atom. The number of aromatic nitrogens is 3. The minimum atomic E-state index is -0.130. The Bertz CT molecular complexity index is 336. The van der Waals surface area contributed by atoms with E-state index in [9.17, 15) is 0 Å². The first-order valence-electron chi connectivity index (χ1n) is 2.66. The predicted octanol–water partition coefficient (Wildman–Crippen LogP) is 1.76. The normalized spacial score (nSPS) is 8.00. The largest absolute Gasteiger partial charge is 0.219 e. The van der Waals surface area contributed by atoms with Crippen LogP contribution in [0.25, 0.3) is 20.9 Å². The first-order valence-corrected chi connectivity index (χ1v) is 2.66. The zero-order chi connectivity index (χ0) is 8.81. The van der Waals surface area contributed by atoms with E-state index in [4.69, 9.17) is 11.1 Å². The van der Waals surface area contributed by atoms with Gasteiger partial charge in [-0.2, -0.15) is 0 Å². The fourth-order valence-corrected chi connectivity index (χ4v) is 0.456. The highest BCUT2D eigenvalue weighted by molar-refractivity contribution is 5.21. The summed E-state index contributed by atoms with van der Waals surface area (Å²) in [6.07, 6.45) is 1.08. The van der Waals surface area contributed by atoms with Gasteiger partial charge in [-0.3, -0.25) is 0 Å². The standard InChI is InChI=1S/C3HN9/c4-11-9-2-6-1-7-3(8-2)10-12-5/h1H. The van der Waals surface area contributed by atoms with Gasteiger partial charge in [0.1, 0.15) is 6.33 Å². The fraction of sp³-hybridized carbons (Fsp3) is 0. The molecule has 1 heterocycles. The van der Waals surface area contributed by atoms with Crippen LogP contribution >= 0.6 is 0 Å². The van der Waals surface area contributed by atoms with Gasteiger partial charge in [0.15, 0.2) is 0 Å². The van der Waals surface area contributed by atoms with Gasteiger partial charge in [-0.1, -0.05) is 0 Å². The topological polar surface area (TPSA) is 136 Å². The van der Waals surface area contributed by atoms with E-state index in [-0.39, 0.29) is 11.9 Å². The van der Waals surface area contributed by atoms with E-state index >= 15 is 0 Å². The Labute approximate surface area is 65.4 Å². The molecule has 0 aliphatic carbocycles. The van der Waals surface area contributed by atoms with Gasteiger partial charge >= 0.3 is 0 Å². The van der Waals surface area contributed by atoms with Crippen LogP contribution in [0, 0.1) is 0 Å². The number of nitrogens with zero attached hydrogens (tertiary/aromatic N) is 9. The van der Waals surface area contributed by atoms with Crippen molar-refractivity contribution >= 4 is 11.9 Å². The smallest absolute Gasteiger partial charge is 0.215 e. The second-order valence-corrected chi connectivity index (χ2v) is 1.46. The average molecular weight is 163 g/mol. The molecule has 0 aliphatic rings. The van der Waals surface area contributed by atoms with Gasteiger partial charge in [-0.05, 0) is 21.3 Å². The Hall–Kier alpha value is -2.37. The summed E-state index contributed by atoms with van der Waals surface area (Å²) in [5.74, 6) is -0.259. The summed E-state index contributed by atoms with van der Waals surface area (Å²) in [7, 11) is 0. The highest BCUT2D eigenvalue weighted by atomic mass is 15.3. The molecule has 0 unspecified atom stereocenters. The molecule has 0 amide bonds. The molecule has 0 N–H and O–H groups in total. The van der Waals surface area contributed by atoms with Crippen LogP contribution in [0.1, 0.15) is 0 Å². The van der Waals surface area contributed by atoms with Gasteiger partial charge in [0.05, 0.1) is 0 Å². The molecule has 0 aromatic carbocycles. The van der Waals surface area contributed by atoms with Crippen LogP contribution in [0.15, 0.2) is 16.6 Å². The fourth-order valence-electron chi connectivity index (χ4n) is 0.456. The molecule has 0 spiro atoms. The van der Waals surface area contributed by atoms with Crippen molar-refractivity contribution in [3.8, 4) is 0 Å². The molecule has 9 nitrogen and oxygen atoms in total. The maximum atomic E-state index is 7.99. The van der Waals surface area contributed by atoms with Crippen LogP contribution in [-0.4, -0.2) is 15.0 Å². The van der Waals surface area contributed by atoms with Crippen molar-refractivity contribution in [1.82, 2.24) is 15.0 Å². The number of hydrogen-bond acceptors (Lipinski definition) is 5. The molecule has 0 radical (unpaired) electrons. The molecule has 1 rings (SSSR count). The lowest BCUT2D eigenvalue weighted by atomic mass is 10.9. The van der Waals surface area contributed by atoms with E-state index in [0.29, 0.717) is 0 Å². The zero-order valence-electron chi connectivity index (χ0n) is 5.60. The van der Waals surface area contributed by atoms with E-state index < -0.39 is 0 Å². The lowest BCUT2D eigenvalue weighted by Crippen LogP contribution is -1.82. The molecule has 0 bridgehead atoms. The van der Waals surface area contributed by atoms with Crippen molar-refractivity contribution < 1.29 is 0 Å². The summed E-state index contributed by atoms with van der Waals surface area (Å²) < 4.78 is 0. The number of hydrogen-bond donors (Lipinski definition) is 0. The zero-order valence-corrected chi connectivity index (χ0v) is 5.60. The Balaban J connectivity index is 3.11. The van der Waals surface area contributed by atoms with Crippen LogP contribution in [0.3, 0.4) is 0 Å². The van der Waals surface area contributed by atoms with Crippen molar-refractivity contribution in [2.45, 2.75) is 0 Å². The van der Waals surface area contributed by atoms with Gasteiger partial charge in [0.2, 0.25) is 11.9 Å². The van der Waals surface area contributed by atoms with Gasteiger partial charge in [-0.25, -0.2) is 15.0 Å². The molecular formula is C3HN9. The number of rotatable bonds is 2. The molecule has 0 saturated heterocycles. The maximum absolute atomic E-state index is 7.99. The van der Waals surface area contributed by atoms with Crippen molar-refractivity contribution in [3.05, 3.63) is 27.2 Å². The Morgan fingerprint density at radius 2 is 1.58 bits per heavy atom. The Morgan fingerprint density at radius 1 is 1.08 bits per heavy atom. The lowest BCUT2D eigenvalue weighted by Gasteiger charge is -1.88. The van der Waals surface area contributed by atoms with Crippen LogP contribution < -0.4 is 0 Å². The van der Waals surface area contributed by atoms with E-state index in [0.717, 1.165) is 6.33 Å². The SMILES string of the molecule is [N-]=[N+]=Nc1ncnc(N=[N+]=[N-])n1. The molecule has 1 aromatic rings.